The molecule has 0 saturated carbocycles. The minimum Gasteiger partial charge on any atom is -0.397 e. The number of carbonyl (C=O) groups is 1. The van der Waals surface area contributed by atoms with Gasteiger partial charge in [-0.2, -0.15) is 11.8 Å². The Kier molecular flexibility index (Phi) is 4.37. The summed E-state index contributed by atoms with van der Waals surface area (Å²) in [6.45, 7) is 2.07. The molecular weight excluding hydrogens is 258 g/mol. The van der Waals surface area contributed by atoms with Gasteiger partial charge in [-0.15, -0.1) is 0 Å². The zero-order valence-electron chi connectivity index (χ0n) is 11.2. The van der Waals surface area contributed by atoms with Gasteiger partial charge in [-0.3, -0.25) is 4.79 Å². The molecule has 19 heavy (non-hydrogen) atoms. The molecule has 5 heteroatoms. The number of hydrogen-bond acceptors (Lipinski definition) is 3. The molecule has 102 valence electrons. The predicted molar refractivity (Wildman–Crippen MR) is 82.6 cm³/mol. The summed E-state index contributed by atoms with van der Waals surface area (Å²) >= 11 is 1.73. The predicted octanol–water partition coefficient (Wildman–Crippen LogP) is 2.62. The van der Waals surface area contributed by atoms with Crippen LogP contribution in [-0.4, -0.2) is 28.9 Å². The molecule has 2 rings (SSSR count). The first-order valence-corrected chi connectivity index (χ1v) is 7.72. The number of nitrogens with two attached hydrogens (primary N) is 1. The number of benzene rings is 1. The molecule has 1 aromatic carbocycles. The molecule has 0 aliphatic carbocycles. The molecule has 0 radical (unpaired) electrons. The molecule has 4 N–H and O–H groups in total. The number of nitrogen functional groups attached to an aromatic ring is 1. The standard InChI is InChI=1S/C14H19N3OS/c1-3-10(8-19-2)16-14(18)12-7-9-5-4-6-11(15)13(9)17-12/h4-7,10,17H,3,8,15H2,1-2H3,(H,16,18). The fourth-order valence-corrected chi connectivity index (χ4v) is 2.75. The van der Waals surface area contributed by atoms with Crippen LogP contribution in [-0.2, 0) is 0 Å². The van der Waals surface area contributed by atoms with Crippen molar-refractivity contribution in [2.24, 2.45) is 0 Å². The van der Waals surface area contributed by atoms with Crippen molar-refractivity contribution in [3.05, 3.63) is 30.0 Å². The highest BCUT2D eigenvalue weighted by molar-refractivity contribution is 7.98. The van der Waals surface area contributed by atoms with Gasteiger partial charge in [-0.1, -0.05) is 19.1 Å². The lowest BCUT2D eigenvalue weighted by atomic mass is 10.2. The monoisotopic (exact) mass is 277 g/mol. The van der Waals surface area contributed by atoms with E-state index < -0.39 is 0 Å². The summed E-state index contributed by atoms with van der Waals surface area (Å²) < 4.78 is 0. The van der Waals surface area contributed by atoms with Crippen LogP contribution in [0.15, 0.2) is 24.3 Å². The Balaban J connectivity index is 2.19. The molecule has 0 saturated heterocycles. The van der Waals surface area contributed by atoms with Crippen molar-refractivity contribution >= 4 is 34.3 Å². The first-order valence-electron chi connectivity index (χ1n) is 6.32. The van der Waals surface area contributed by atoms with Crippen LogP contribution in [0.25, 0.3) is 10.9 Å². The Morgan fingerprint density at radius 3 is 2.95 bits per heavy atom. The topological polar surface area (TPSA) is 70.9 Å². The Labute approximate surface area is 117 Å². The Hall–Kier alpha value is -1.62. The highest BCUT2D eigenvalue weighted by atomic mass is 32.2. The van der Waals surface area contributed by atoms with Gasteiger partial charge in [0.2, 0.25) is 0 Å². The molecule has 0 fully saturated rings. The van der Waals surface area contributed by atoms with Crippen LogP contribution in [0, 0.1) is 0 Å². The summed E-state index contributed by atoms with van der Waals surface area (Å²) in [4.78, 5) is 15.3. The maximum Gasteiger partial charge on any atom is 0.267 e. The maximum absolute atomic E-state index is 12.2. The van der Waals surface area contributed by atoms with Crippen molar-refractivity contribution in [2.75, 3.05) is 17.7 Å². The summed E-state index contributed by atoms with van der Waals surface area (Å²) in [6, 6.07) is 7.69. The van der Waals surface area contributed by atoms with Gasteiger partial charge in [0, 0.05) is 17.2 Å². The normalized spacial score (nSPS) is 12.5. The van der Waals surface area contributed by atoms with Crippen LogP contribution in [0.2, 0.25) is 0 Å². The summed E-state index contributed by atoms with van der Waals surface area (Å²) in [6.07, 6.45) is 2.97. The van der Waals surface area contributed by atoms with Crippen LogP contribution in [0.4, 0.5) is 5.69 Å². The molecule has 2 aromatic rings. The van der Waals surface area contributed by atoms with Gasteiger partial charge in [0.1, 0.15) is 5.69 Å². The minimum atomic E-state index is -0.0727. The fraction of sp³-hybridized carbons (Fsp3) is 0.357. The molecule has 0 bridgehead atoms. The summed E-state index contributed by atoms with van der Waals surface area (Å²) in [7, 11) is 0. The highest BCUT2D eigenvalue weighted by Gasteiger charge is 2.14. The number of carbonyl (C=O) groups excluding carboxylic acids is 1. The molecular formula is C14H19N3OS. The van der Waals surface area contributed by atoms with Gasteiger partial charge in [0.25, 0.3) is 5.91 Å². The molecule has 1 unspecified atom stereocenters. The summed E-state index contributed by atoms with van der Waals surface area (Å²) in [5.41, 5.74) is 7.93. The quantitative estimate of drug-likeness (QED) is 0.736. The minimum absolute atomic E-state index is 0.0727. The Bertz CT molecular complexity index is 579. The lowest BCUT2D eigenvalue weighted by molar-refractivity contribution is 0.0936. The molecule has 1 aromatic heterocycles. The second kappa shape index (κ2) is 6.02. The van der Waals surface area contributed by atoms with Gasteiger partial charge < -0.3 is 16.0 Å². The molecule has 0 aliphatic heterocycles. The molecule has 1 amide bonds. The van der Waals surface area contributed by atoms with Crippen molar-refractivity contribution in [3.63, 3.8) is 0 Å². The van der Waals surface area contributed by atoms with E-state index in [-0.39, 0.29) is 11.9 Å². The first-order chi connectivity index (χ1) is 9.15. The van der Waals surface area contributed by atoms with Gasteiger partial charge in [0.05, 0.1) is 11.2 Å². The number of H-pyrrole nitrogens is 1. The van der Waals surface area contributed by atoms with Crippen LogP contribution in [0.5, 0.6) is 0 Å². The lowest BCUT2D eigenvalue weighted by Crippen LogP contribution is -2.36. The van der Waals surface area contributed by atoms with E-state index in [2.05, 4.69) is 17.2 Å². The molecule has 1 atom stereocenters. The molecule has 0 aliphatic rings. The van der Waals surface area contributed by atoms with E-state index in [4.69, 9.17) is 5.73 Å². The van der Waals surface area contributed by atoms with Crippen LogP contribution < -0.4 is 11.1 Å². The third-order valence-corrected chi connectivity index (χ3v) is 3.86. The van der Waals surface area contributed by atoms with Crippen LogP contribution in [0.3, 0.4) is 0 Å². The van der Waals surface area contributed by atoms with Crippen molar-refractivity contribution < 1.29 is 4.79 Å². The third-order valence-electron chi connectivity index (χ3n) is 3.13. The smallest absolute Gasteiger partial charge is 0.267 e. The Morgan fingerprint density at radius 2 is 2.32 bits per heavy atom. The Morgan fingerprint density at radius 1 is 1.53 bits per heavy atom. The molecule has 0 spiro atoms. The van der Waals surface area contributed by atoms with Crippen LogP contribution >= 0.6 is 11.8 Å². The van der Waals surface area contributed by atoms with Crippen molar-refractivity contribution in [1.82, 2.24) is 10.3 Å². The van der Waals surface area contributed by atoms with Gasteiger partial charge in [-0.05, 0) is 24.8 Å². The van der Waals surface area contributed by atoms with E-state index in [1.54, 1.807) is 11.8 Å². The largest absolute Gasteiger partial charge is 0.397 e. The fourth-order valence-electron chi connectivity index (χ4n) is 2.03. The number of fused-ring (bicyclic) bond motifs is 1. The second-order valence-corrected chi connectivity index (χ2v) is 5.44. The number of para-hydroxylation sites is 1. The zero-order valence-corrected chi connectivity index (χ0v) is 12.0. The molecule has 4 nitrogen and oxygen atoms in total. The van der Waals surface area contributed by atoms with Gasteiger partial charge >= 0.3 is 0 Å². The number of thioether (sulfide) groups is 1. The number of nitrogens with one attached hydrogen (secondary N) is 2. The molecule has 1 heterocycles. The number of aromatic nitrogens is 1. The van der Waals surface area contributed by atoms with Crippen molar-refractivity contribution in [1.29, 1.82) is 0 Å². The number of rotatable bonds is 5. The number of aromatic amines is 1. The summed E-state index contributed by atoms with van der Waals surface area (Å²) in [5, 5.41) is 3.99. The average Bonchev–Trinajstić information content (AvgIpc) is 2.83. The van der Waals surface area contributed by atoms with E-state index in [1.165, 1.54) is 0 Å². The highest BCUT2D eigenvalue weighted by Crippen LogP contribution is 2.21. The van der Waals surface area contributed by atoms with E-state index in [0.717, 1.165) is 23.1 Å². The van der Waals surface area contributed by atoms with Gasteiger partial charge in [0.15, 0.2) is 0 Å². The SMILES string of the molecule is CCC(CSC)NC(=O)c1cc2cccc(N)c2[nH]1. The second-order valence-electron chi connectivity index (χ2n) is 4.53. The average molecular weight is 277 g/mol. The lowest BCUT2D eigenvalue weighted by Gasteiger charge is -2.14. The van der Waals surface area contributed by atoms with Crippen molar-refractivity contribution in [3.8, 4) is 0 Å². The van der Waals surface area contributed by atoms with E-state index in [0.29, 0.717) is 11.4 Å². The maximum atomic E-state index is 12.2. The summed E-state index contributed by atoms with van der Waals surface area (Å²) in [5.74, 6) is 0.849. The number of hydrogen-bond donors (Lipinski definition) is 3. The van der Waals surface area contributed by atoms with E-state index in [1.807, 2.05) is 30.5 Å². The van der Waals surface area contributed by atoms with E-state index >= 15 is 0 Å². The zero-order chi connectivity index (χ0) is 13.8. The first kappa shape index (κ1) is 13.8. The third kappa shape index (κ3) is 3.04. The van der Waals surface area contributed by atoms with Crippen LogP contribution in [0.1, 0.15) is 23.8 Å². The van der Waals surface area contributed by atoms with E-state index in [9.17, 15) is 4.79 Å². The number of amides is 1. The van der Waals surface area contributed by atoms with Gasteiger partial charge in [-0.25, -0.2) is 0 Å². The number of anilines is 1. The van der Waals surface area contributed by atoms with Crippen molar-refractivity contribution in [2.45, 2.75) is 19.4 Å².